The van der Waals surface area contributed by atoms with Crippen LogP contribution in [0.2, 0.25) is 0 Å². The highest BCUT2D eigenvalue weighted by Gasteiger charge is 2.14. The van der Waals surface area contributed by atoms with Gasteiger partial charge in [0, 0.05) is 11.6 Å². The molecule has 0 radical (unpaired) electrons. The number of nitrogens with zero attached hydrogens (tertiary/aromatic N) is 1. The number of carboxylic acid groups (broad SMARTS) is 1. The quantitative estimate of drug-likeness (QED) is 0.864. The molecule has 6 nitrogen and oxygen atoms in total. The number of aromatic nitrogens is 1. The van der Waals surface area contributed by atoms with Gasteiger partial charge < -0.3 is 5.11 Å². The minimum atomic E-state index is -3.69. The van der Waals surface area contributed by atoms with Gasteiger partial charge in [-0.15, -0.1) is 0 Å². The van der Waals surface area contributed by atoms with Crippen molar-refractivity contribution in [3.05, 3.63) is 36.5 Å². The minimum absolute atomic E-state index is 0.350. The van der Waals surface area contributed by atoms with E-state index in [1.807, 2.05) is 12.1 Å². The second-order valence-electron chi connectivity index (χ2n) is 3.95. The highest BCUT2D eigenvalue weighted by Crippen LogP contribution is 2.21. The maximum atomic E-state index is 11.7. The zero-order valence-corrected chi connectivity index (χ0v) is 10.7. The number of nitrogens with one attached hydrogen (secondary N) is 1. The molecule has 0 fully saturated rings. The molecule has 0 saturated heterocycles. The van der Waals surface area contributed by atoms with Crippen LogP contribution >= 0.6 is 0 Å². The Morgan fingerprint density at radius 3 is 2.74 bits per heavy atom. The topological polar surface area (TPSA) is 96.4 Å². The lowest BCUT2D eigenvalue weighted by Crippen LogP contribution is -2.19. The zero-order chi connectivity index (χ0) is 13.9. The Hall–Kier alpha value is -2.15. The van der Waals surface area contributed by atoms with Gasteiger partial charge in [-0.1, -0.05) is 18.2 Å². The molecular weight excluding hydrogens is 268 g/mol. The molecule has 0 aliphatic heterocycles. The summed E-state index contributed by atoms with van der Waals surface area (Å²) in [6.07, 6.45) is 1.13. The van der Waals surface area contributed by atoms with Gasteiger partial charge in [0.15, 0.2) is 0 Å². The van der Waals surface area contributed by atoms with Gasteiger partial charge in [0.2, 0.25) is 10.0 Å². The maximum Gasteiger partial charge on any atom is 0.304 e. The van der Waals surface area contributed by atoms with Gasteiger partial charge in [-0.2, -0.15) is 0 Å². The number of carboxylic acids is 1. The number of rotatable bonds is 5. The van der Waals surface area contributed by atoms with E-state index in [1.54, 1.807) is 24.4 Å². The lowest BCUT2D eigenvalue weighted by atomic mass is 10.2. The first-order chi connectivity index (χ1) is 8.98. The molecule has 19 heavy (non-hydrogen) atoms. The predicted molar refractivity (Wildman–Crippen MR) is 71.4 cm³/mol. The van der Waals surface area contributed by atoms with Gasteiger partial charge in [0.05, 0.1) is 23.4 Å². The van der Waals surface area contributed by atoms with Crippen LogP contribution in [0.5, 0.6) is 0 Å². The van der Waals surface area contributed by atoms with Gasteiger partial charge in [0.1, 0.15) is 0 Å². The zero-order valence-electron chi connectivity index (χ0n) is 9.91. The normalized spacial score (nSPS) is 11.4. The van der Waals surface area contributed by atoms with Gasteiger partial charge in [0.25, 0.3) is 0 Å². The van der Waals surface area contributed by atoms with Crippen molar-refractivity contribution in [2.75, 3.05) is 10.5 Å². The number of carbonyl (C=O) groups is 1. The second kappa shape index (κ2) is 5.23. The van der Waals surface area contributed by atoms with Crippen molar-refractivity contribution >= 4 is 32.6 Å². The Balaban J connectivity index is 2.28. The fourth-order valence-electron chi connectivity index (χ4n) is 1.63. The SMILES string of the molecule is O=C(O)CCS(=O)(=O)Nc1cccc2cccnc12. The van der Waals surface area contributed by atoms with E-state index in [0.29, 0.717) is 11.2 Å². The van der Waals surface area contributed by atoms with Crippen LogP contribution in [-0.2, 0) is 14.8 Å². The molecule has 7 heteroatoms. The van der Waals surface area contributed by atoms with Crippen LogP contribution in [0.4, 0.5) is 5.69 Å². The average Bonchev–Trinajstić information content (AvgIpc) is 2.37. The number of hydrogen-bond donors (Lipinski definition) is 2. The summed E-state index contributed by atoms with van der Waals surface area (Å²) < 4.78 is 25.9. The van der Waals surface area contributed by atoms with Crippen LogP contribution in [-0.4, -0.2) is 30.2 Å². The van der Waals surface area contributed by atoms with Crippen molar-refractivity contribution in [3.8, 4) is 0 Å². The summed E-state index contributed by atoms with van der Waals surface area (Å²) in [5, 5.41) is 9.32. The van der Waals surface area contributed by atoms with E-state index in [2.05, 4.69) is 9.71 Å². The average molecular weight is 280 g/mol. The highest BCUT2D eigenvalue weighted by atomic mass is 32.2. The van der Waals surface area contributed by atoms with Crippen LogP contribution in [0.15, 0.2) is 36.5 Å². The minimum Gasteiger partial charge on any atom is -0.481 e. The third kappa shape index (κ3) is 3.41. The van der Waals surface area contributed by atoms with Crippen LogP contribution in [0.25, 0.3) is 10.9 Å². The molecule has 0 saturated carbocycles. The van der Waals surface area contributed by atoms with E-state index in [0.717, 1.165) is 5.39 Å². The van der Waals surface area contributed by atoms with Crippen molar-refractivity contribution in [3.63, 3.8) is 0 Å². The van der Waals surface area contributed by atoms with Crippen molar-refractivity contribution in [1.82, 2.24) is 4.98 Å². The number of anilines is 1. The van der Waals surface area contributed by atoms with Gasteiger partial charge in [-0.05, 0) is 12.1 Å². The molecule has 1 heterocycles. The lowest BCUT2D eigenvalue weighted by Gasteiger charge is -2.09. The van der Waals surface area contributed by atoms with Crippen LogP contribution in [0.1, 0.15) is 6.42 Å². The van der Waals surface area contributed by atoms with Gasteiger partial charge >= 0.3 is 5.97 Å². The van der Waals surface area contributed by atoms with Crippen LogP contribution in [0.3, 0.4) is 0 Å². The first-order valence-corrected chi connectivity index (χ1v) is 7.19. The first-order valence-electron chi connectivity index (χ1n) is 5.54. The lowest BCUT2D eigenvalue weighted by molar-refractivity contribution is -0.136. The Morgan fingerprint density at radius 2 is 2.00 bits per heavy atom. The second-order valence-corrected chi connectivity index (χ2v) is 5.79. The number of pyridine rings is 1. The molecule has 0 aliphatic rings. The van der Waals surface area contributed by atoms with E-state index >= 15 is 0 Å². The maximum absolute atomic E-state index is 11.7. The van der Waals surface area contributed by atoms with E-state index in [9.17, 15) is 13.2 Å². The molecule has 2 N–H and O–H groups in total. The van der Waals surface area contributed by atoms with Crippen molar-refractivity contribution < 1.29 is 18.3 Å². The van der Waals surface area contributed by atoms with E-state index in [4.69, 9.17) is 5.11 Å². The molecular formula is C12H12N2O4S. The summed E-state index contributed by atoms with van der Waals surface area (Å²) in [7, 11) is -3.69. The Morgan fingerprint density at radius 1 is 1.26 bits per heavy atom. The number of hydrogen-bond acceptors (Lipinski definition) is 4. The summed E-state index contributed by atoms with van der Waals surface area (Å²) in [5.74, 6) is -1.62. The molecule has 0 spiro atoms. The fourth-order valence-corrected chi connectivity index (χ4v) is 2.67. The molecule has 0 bridgehead atoms. The molecule has 1 aromatic carbocycles. The molecule has 100 valence electrons. The molecule has 2 rings (SSSR count). The van der Waals surface area contributed by atoms with Gasteiger partial charge in [-0.25, -0.2) is 8.42 Å². The number of sulfonamides is 1. The first kappa shape index (κ1) is 13.3. The fraction of sp³-hybridized carbons (Fsp3) is 0.167. The van der Waals surface area contributed by atoms with Crippen LogP contribution in [0, 0.1) is 0 Å². The summed E-state index contributed by atoms with van der Waals surface area (Å²) in [4.78, 5) is 14.5. The molecule has 0 aliphatic carbocycles. The van der Waals surface area contributed by atoms with Gasteiger partial charge in [-0.3, -0.25) is 14.5 Å². The Labute approximate surface area is 110 Å². The standard InChI is InChI=1S/C12H12N2O4S/c15-11(16)6-8-19(17,18)14-10-5-1-3-9-4-2-7-13-12(9)10/h1-5,7,14H,6,8H2,(H,15,16). The smallest absolute Gasteiger partial charge is 0.304 e. The summed E-state index contributed by atoms with van der Waals surface area (Å²) in [6, 6.07) is 8.69. The summed E-state index contributed by atoms with van der Waals surface area (Å²) >= 11 is 0. The third-order valence-corrected chi connectivity index (χ3v) is 3.76. The molecule has 2 aromatic rings. The summed E-state index contributed by atoms with van der Waals surface area (Å²) in [5.41, 5.74) is 0.882. The van der Waals surface area contributed by atoms with E-state index < -0.39 is 28.2 Å². The molecule has 1 aromatic heterocycles. The number of para-hydroxylation sites is 1. The largest absolute Gasteiger partial charge is 0.481 e. The Bertz CT molecular complexity index is 707. The van der Waals surface area contributed by atoms with Crippen molar-refractivity contribution in [1.29, 1.82) is 0 Å². The highest BCUT2D eigenvalue weighted by molar-refractivity contribution is 7.92. The number of benzene rings is 1. The Kier molecular flexibility index (Phi) is 3.66. The molecule has 0 amide bonds. The van der Waals surface area contributed by atoms with E-state index in [1.165, 1.54) is 0 Å². The molecule has 0 unspecified atom stereocenters. The molecule has 0 atom stereocenters. The van der Waals surface area contributed by atoms with Crippen LogP contribution < -0.4 is 4.72 Å². The summed E-state index contributed by atoms with van der Waals surface area (Å²) in [6.45, 7) is 0. The van der Waals surface area contributed by atoms with Crippen molar-refractivity contribution in [2.24, 2.45) is 0 Å². The van der Waals surface area contributed by atoms with E-state index in [-0.39, 0.29) is 0 Å². The number of aliphatic carboxylic acids is 1. The monoisotopic (exact) mass is 280 g/mol. The van der Waals surface area contributed by atoms with Crippen molar-refractivity contribution in [2.45, 2.75) is 6.42 Å². The third-order valence-electron chi connectivity index (χ3n) is 2.48. The predicted octanol–water partition coefficient (Wildman–Crippen LogP) is 1.45. The number of fused-ring (bicyclic) bond motifs is 1.